The van der Waals surface area contributed by atoms with E-state index in [9.17, 15) is 0 Å². The van der Waals surface area contributed by atoms with Gasteiger partial charge in [0.15, 0.2) is 0 Å². The summed E-state index contributed by atoms with van der Waals surface area (Å²) in [5.74, 6) is 0. The fraction of sp³-hybridized carbons (Fsp3) is 0.429. The monoisotopic (exact) mass is 340 g/mol. The molecule has 0 atom stereocenters. The highest BCUT2D eigenvalue weighted by Crippen LogP contribution is 2.51. The highest BCUT2D eigenvalue weighted by atomic mass is 32.2. The topological polar surface area (TPSA) is 15.3 Å². The van der Waals surface area contributed by atoms with E-state index in [1.54, 1.807) is 0 Å². The van der Waals surface area contributed by atoms with E-state index in [1.807, 2.05) is 11.8 Å². The minimum absolute atomic E-state index is 0.969. The Kier molecular flexibility index (Phi) is 5.52. The molecule has 128 valence electrons. The summed E-state index contributed by atoms with van der Waals surface area (Å²) in [7, 11) is 0. The second-order valence-corrected chi connectivity index (χ2v) is 7.48. The molecule has 24 heavy (non-hydrogen) atoms. The lowest BCUT2D eigenvalue weighted by Crippen LogP contribution is -2.28. The van der Waals surface area contributed by atoms with Gasteiger partial charge in [-0.05, 0) is 55.6 Å². The zero-order valence-electron chi connectivity index (χ0n) is 15.1. The van der Waals surface area contributed by atoms with Gasteiger partial charge in [-0.2, -0.15) is 0 Å². The van der Waals surface area contributed by atoms with Gasteiger partial charge in [0, 0.05) is 34.1 Å². The van der Waals surface area contributed by atoms with Crippen LogP contribution < -0.4 is 5.32 Å². The number of thioether (sulfide) groups is 1. The van der Waals surface area contributed by atoms with Crippen LogP contribution in [0.4, 0.5) is 5.69 Å². The van der Waals surface area contributed by atoms with E-state index in [0.29, 0.717) is 0 Å². The number of hydrogen-bond donors (Lipinski definition) is 1. The number of benzene rings is 1. The summed E-state index contributed by atoms with van der Waals surface area (Å²) in [6.07, 6.45) is 7.00. The Balaban J connectivity index is 1.87. The molecule has 3 heteroatoms. The highest BCUT2D eigenvalue weighted by Gasteiger charge is 2.26. The molecule has 1 aliphatic heterocycles. The fourth-order valence-electron chi connectivity index (χ4n) is 3.42. The molecule has 2 nitrogen and oxygen atoms in total. The van der Waals surface area contributed by atoms with Crippen molar-refractivity contribution in [3.8, 4) is 0 Å². The maximum Gasteiger partial charge on any atom is 0.0432 e. The Hall–Kier alpha value is -1.45. The summed E-state index contributed by atoms with van der Waals surface area (Å²) in [6.45, 7) is 15.3. The number of nitrogens with zero attached hydrogens (tertiary/aromatic N) is 1. The lowest BCUT2D eigenvalue weighted by atomic mass is 9.92. The lowest BCUT2D eigenvalue weighted by molar-refractivity contribution is 0.316. The molecule has 0 saturated heterocycles. The van der Waals surface area contributed by atoms with Crippen LogP contribution in [0.2, 0.25) is 0 Å². The molecule has 1 heterocycles. The third kappa shape index (κ3) is 3.33. The SMILES string of the molecule is C=C1C2=CCCC=C2Sc2c(C)ccc(NCCN(CC)CC)c21. The number of fused-ring (bicyclic) bond motifs is 2. The van der Waals surface area contributed by atoms with Crippen LogP contribution >= 0.6 is 11.8 Å². The van der Waals surface area contributed by atoms with Crippen molar-refractivity contribution < 1.29 is 0 Å². The van der Waals surface area contributed by atoms with Crippen LogP contribution in [0, 0.1) is 6.92 Å². The molecule has 1 aromatic carbocycles. The van der Waals surface area contributed by atoms with E-state index in [1.165, 1.54) is 37.8 Å². The molecule has 0 unspecified atom stereocenters. The van der Waals surface area contributed by atoms with Crippen molar-refractivity contribution in [2.24, 2.45) is 0 Å². The highest BCUT2D eigenvalue weighted by molar-refractivity contribution is 8.03. The van der Waals surface area contributed by atoms with Crippen LogP contribution in [0.25, 0.3) is 5.57 Å². The molecule has 0 amide bonds. The Morgan fingerprint density at radius 1 is 1.17 bits per heavy atom. The second kappa shape index (κ2) is 7.62. The van der Waals surface area contributed by atoms with E-state index < -0.39 is 0 Å². The zero-order chi connectivity index (χ0) is 17.1. The Labute approximate surface area is 150 Å². The summed E-state index contributed by atoms with van der Waals surface area (Å²) in [4.78, 5) is 5.21. The number of anilines is 1. The zero-order valence-corrected chi connectivity index (χ0v) is 15.9. The summed E-state index contributed by atoms with van der Waals surface area (Å²) in [6, 6.07) is 4.46. The Morgan fingerprint density at radius 3 is 2.67 bits per heavy atom. The first-order valence-electron chi connectivity index (χ1n) is 9.03. The summed E-state index contributed by atoms with van der Waals surface area (Å²) >= 11 is 1.92. The van der Waals surface area contributed by atoms with E-state index >= 15 is 0 Å². The van der Waals surface area contributed by atoms with Crippen LogP contribution in [0.5, 0.6) is 0 Å². The Bertz CT molecular complexity index is 696. The number of rotatable bonds is 6. The van der Waals surface area contributed by atoms with E-state index in [2.05, 4.69) is 61.9 Å². The maximum absolute atomic E-state index is 4.44. The average molecular weight is 341 g/mol. The number of nitrogens with one attached hydrogen (secondary N) is 1. The molecular weight excluding hydrogens is 312 g/mol. The van der Waals surface area contributed by atoms with Gasteiger partial charge in [0.25, 0.3) is 0 Å². The molecule has 0 aromatic heterocycles. The van der Waals surface area contributed by atoms with Gasteiger partial charge >= 0.3 is 0 Å². The predicted molar refractivity (Wildman–Crippen MR) is 108 cm³/mol. The normalized spacial score (nSPS) is 16.4. The van der Waals surface area contributed by atoms with E-state index in [-0.39, 0.29) is 0 Å². The molecule has 0 saturated carbocycles. The molecular formula is C21H28N2S. The minimum Gasteiger partial charge on any atom is -0.383 e. The molecule has 0 spiro atoms. The molecule has 0 fully saturated rings. The van der Waals surface area contributed by atoms with Crippen LogP contribution in [0.15, 0.2) is 46.2 Å². The van der Waals surface area contributed by atoms with Gasteiger partial charge in [-0.15, -0.1) is 0 Å². The lowest BCUT2D eigenvalue weighted by Gasteiger charge is -2.29. The molecule has 1 aliphatic carbocycles. The molecule has 1 N–H and O–H groups in total. The van der Waals surface area contributed by atoms with Gasteiger partial charge in [-0.1, -0.05) is 50.4 Å². The van der Waals surface area contributed by atoms with Gasteiger partial charge in [-0.3, -0.25) is 0 Å². The third-order valence-electron chi connectivity index (χ3n) is 4.94. The first-order valence-corrected chi connectivity index (χ1v) is 9.85. The van der Waals surface area contributed by atoms with Crippen molar-refractivity contribution in [2.75, 3.05) is 31.5 Å². The van der Waals surface area contributed by atoms with Crippen LogP contribution in [-0.4, -0.2) is 31.1 Å². The van der Waals surface area contributed by atoms with Gasteiger partial charge in [-0.25, -0.2) is 0 Å². The molecule has 1 aromatic rings. The quantitative estimate of drug-likeness (QED) is 0.739. The van der Waals surface area contributed by atoms with E-state index in [0.717, 1.165) is 39.0 Å². The standard InChI is InChI=1S/C21H28N2S/c1-5-23(6-2)14-13-22-18-12-11-15(3)21-20(18)16(4)17-9-7-8-10-19(17)24-21/h9-12,22H,4-8,13-14H2,1-3H3. The number of aryl methyl sites for hydroxylation is 1. The van der Waals surface area contributed by atoms with Crippen LogP contribution in [0.3, 0.4) is 0 Å². The average Bonchev–Trinajstić information content (AvgIpc) is 2.61. The van der Waals surface area contributed by atoms with Gasteiger partial charge in [0.05, 0.1) is 0 Å². The summed E-state index contributed by atoms with van der Waals surface area (Å²) < 4.78 is 0. The summed E-state index contributed by atoms with van der Waals surface area (Å²) in [5.41, 5.74) is 6.41. The van der Waals surface area contributed by atoms with Crippen molar-refractivity contribution in [1.82, 2.24) is 4.90 Å². The van der Waals surface area contributed by atoms with E-state index in [4.69, 9.17) is 0 Å². The number of likely N-dealkylation sites (N-methyl/N-ethyl adjacent to an activating group) is 1. The Morgan fingerprint density at radius 2 is 1.92 bits per heavy atom. The first kappa shape index (κ1) is 17.4. The van der Waals surface area contributed by atoms with Gasteiger partial charge in [0.1, 0.15) is 0 Å². The molecule has 3 rings (SSSR count). The van der Waals surface area contributed by atoms with Gasteiger partial charge < -0.3 is 10.2 Å². The fourth-order valence-corrected chi connectivity index (χ4v) is 4.72. The maximum atomic E-state index is 4.44. The first-order chi connectivity index (χ1) is 11.7. The molecule has 0 bridgehead atoms. The number of hydrogen-bond acceptors (Lipinski definition) is 3. The smallest absolute Gasteiger partial charge is 0.0432 e. The van der Waals surface area contributed by atoms with Crippen molar-refractivity contribution in [3.05, 3.63) is 52.5 Å². The minimum atomic E-state index is 0.969. The van der Waals surface area contributed by atoms with Crippen LogP contribution in [-0.2, 0) is 0 Å². The molecule has 2 aliphatic rings. The third-order valence-corrected chi connectivity index (χ3v) is 6.28. The molecule has 0 radical (unpaired) electrons. The van der Waals surface area contributed by atoms with Crippen molar-refractivity contribution >= 4 is 23.0 Å². The van der Waals surface area contributed by atoms with Crippen LogP contribution in [0.1, 0.15) is 37.8 Å². The largest absolute Gasteiger partial charge is 0.383 e. The van der Waals surface area contributed by atoms with Crippen molar-refractivity contribution in [1.29, 1.82) is 0 Å². The second-order valence-electron chi connectivity index (χ2n) is 6.43. The summed E-state index contributed by atoms with van der Waals surface area (Å²) in [5, 5.41) is 3.66. The number of allylic oxidation sites excluding steroid dienone is 4. The predicted octanol–water partition coefficient (Wildman–Crippen LogP) is 5.47. The van der Waals surface area contributed by atoms with Gasteiger partial charge in [0.2, 0.25) is 0 Å². The van der Waals surface area contributed by atoms with Crippen molar-refractivity contribution in [3.63, 3.8) is 0 Å². The van der Waals surface area contributed by atoms with Crippen molar-refractivity contribution in [2.45, 2.75) is 38.5 Å².